The predicted octanol–water partition coefficient (Wildman–Crippen LogP) is 2.17. The highest BCUT2D eigenvalue weighted by molar-refractivity contribution is 7.13. The molecule has 21 heavy (non-hydrogen) atoms. The number of ether oxygens (including phenoxy) is 2. The maximum atomic E-state index is 11.7. The normalized spacial score (nSPS) is 16.8. The summed E-state index contributed by atoms with van der Waals surface area (Å²) in [6, 6.07) is 0. The van der Waals surface area contributed by atoms with Crippen LogP contribution in [0.4, 0.5) is 4.79 Å². The average Bonchev–Trinajstić information content (AvgIpc) is 2.68. The molecule has 1 aromatic rings. The minimum Gasteiger partial charge on any atom is -0.381 e. The first-order valence-electron chi connectivity index (χ1n) is 7.10. The van der Waals surface area contributed by atoms with Crippen molar-refractivity contribution >= 4 is 17.4 Å². The fraction of sp³-hybridized carbons (Fsp3) is 0.714. The van der Waals surface area contributed by atoms with E-state index < -0.39 is 6.09 Å². The van der Waals surface area contributed by atoms with Gasteiger partial charge in [0.25, 0.3) is 5.19 Å². The number of aromatic nitrogens is 1. The minimum absolute atomic E-state index is 0.319. The van der Waals surface area contributed by atoms with E-state index in [9.17, 15) is 4.79 Å². The maximum absolute atomic E-state index is 11.7. The summed E-state index contributed by atoms with van der Waals surface area (Å²) >= 11 is 1.43. The SMILES string of the molecule is Cc1nc(OC(=O)NC(C)(C)C)sc1CN1CCOCC1. The molecule has 1 N–H and O–H groups in total. The molecule has 1 aliphatic rings. The third kappa shape index (κ3) is 5.26. The van der Waals surface area contributed by atoms with Gasteiger partial charge in [-0.3, -0.25) is 4.90 Å². The number of thiazole rings is 1. The van der Waals surface area contributed by atoms with E-state index in [0.29, 0.717) is 5.19 Å². The number of nitrogens with zero attached hydrogens (tertiary/aromatic N) is 2. The van der Waals surface area contributed by atoms with E-state index in [-0.39, 0.29) is 5.54 Å². The topological polar surface area (TPSA) is 63.7 Å². The van der Waals surface area contributed by atoms with Crippen molar-refractivity contribution < 1.29 is 14.3 Å². The van der Waals surface area contributed by atoms with Crippen LogP contribution in [0.25, 0.3) is 0 Å². The Balaban J connectivity index is 1.93. The number of hydrogen-bond donors (Lipinski definition) is 1. The lowest BCUT2D eigenvalue weighted by Crippen LogP contribution is -2.42. The summed E-state index contributed by atoms with van der Waals surface area (Å²) in [7, 11) is 0. The third-order valence-corrected chi connectivity index (χ3v) is 4.02. The van der Waals surface area contributed by atoms with Crippen LogP contribution in [0.2, 0.25) is 0 Å². The van der Waals surface area contributed by atoms with Crippen molar-refractivity contribution in [2.75, 3.05) is 26.3 Å². The van der Waals surface area contributed by atoms with Gasteiger partial charge in [-0.2, -0.15) is 0 Å². The van der Waals surface area contributed by atoms with Crippen LogP contribution >= 0.6 is 11.3 Å². The summed E-state index contributed by atoms with van der Waals surface area (Å²) < 4.78 is 10.6. The van der Waals surface area contributed by atoms with Crippen molar-refractivity contribution in [3.8, 4) is 5.19 Å². The fourth-order valence-corrected chi connectivity index (χ4v) is 2.92. The summed E-state index contributed by atoms with van der Waals surface area (Å²) in [5, 5.41) is 3.16. The summed E-state index contributed by atoms with van der Waals surface area (Å²) in [5.41, 5.74) is 0.602. The van der Waals surface area contributed by atoms with Crippen LogP contribution in [-0.2, 0) is 11.3 Å². The highest BCUT2D eigenvalue weighted by Crippen LogP contribution is 2.26. The van der Waals surface area contributed by atoms with Crippen LogP contribution in [0.15, 0.2) is 0 Å². The number of rotatable bonds is 3. The van der Waals surface area contributed by atoms with E-state index in [1.54, 1.807) is 0 Å². The molecule has 7 heteroatoms. The van der Waals surface area contributed by atoms with Crippen molar-refractivity contribution in [1.82, 2.24) is 15.2 Å². The van der Waals surface area contributed by atoms with Gasteiger partial charge in [0, 0.05) is 30.1 Å². The Bertz CT molecular complexity index is 490. The molecule has 0 radical (unpaired) electrons. The number of hydrogen-bond acceptors (Lipinski definition) is 6. The molecule has 1 aromatic heterocycles. The molecule has 0 bridgehead atoms. The number of amides is 1. The highest BCUT2D eigenvalue weighted by atomic mass is 32.1. The Morgan fingerprint density at radius 3 is 2.71 bits per heavy atom. The van der Waals surface area contributed by atoms with Gasteiger partial charge in [0.05, 0.1) is 18.9 Å². The van der Waals surface area contributed by atoms with E-state index in [1.165, 1.54) is 11.3 Å². The lowest BCUT2D eigenvalue weighted by molar-refractivity contribution is 0.0345. The summed E-state index contributed by atoms with van der Waals surface area (Å²) in [5.74, 6) is 0. The zero-order chi connectivity index (χ0) is 15.5. The van der Waals surface area contributed by atoms with Crippen LogP contribution in [0.3, 0.4) is 0 Å². The van der Waals surface area contributed by atoms with Crippen molar-refractivity contribution in [3.63, 3.8) is 0 Å². The van der Waals surface area contributed by atoms with Gasteiger partial charge in [0.15, 0.2) is 0 Å². The number of carbonyl (C=O) groups is 1. The van der Waals surface area contributed by atoms with Crippen LogP contribution in [0.1, 0.15) is 31.3 Å². The van der Waals surface area contributed by atoms with Gasteiger partial charge in [-0.1, -0.05) is 11.3 Å². The number of morpholine rings is 1. The first-order valence-corrected chi connectivity index (χ1v) is 7.91. The number of aryl methyl sites for hydroxylation is 1. The van der Waals surface area contributed by atoms with Gasteiger partial charge in [0.2, 0.25) is 0 Å². The van der Waals surface area contributed by atoms with Crippen molar-refractivity contribution in [1.29, 1.82) is 0 Å². The summed E-state index contributed by atoms with van der Waals surface area (Å²) in [4.78, 5) is 19.5. The summed E-state index contributed by atoms with van der Waals surface area (Å²) in [6.07, 6.45) is -0.464. The molecule has 0 saturated carbocycles. The Morgan fingerprint density at radius 2 is 2.10 bits per heavy atom. The van der Waals surface area contributed by atoms with Crippen LogP contribution in [0.5, 0.6) is 5.19 Å². The van der Waals surface area contributed by atoms with Gasteiger partial charge >= 0.3 is 6.09 Å². The maximum Gasteiger partial charge on any atom is 0.414 e. The third-order valence-electron chi connectivity index (χ3n) is 3.00. The lowest BCUT2D eigenvalue weighted by Gasteiger charge is -2.25. The van der Waals surface area contributed by atoms with Gasteiger partial charge in [-0.25, -0.2) is 9.78 Å². The van der Waals surface area contributed by atoms with Gasteiger partial charge in [0.1, 0.15) is 0 Å². The Kier molecular flexibility index (Phi) is 5.18. The first-order chi connectivity index (χ1) is 9.83. The zero-order valence-corrected chi connectivity index (χ0v) is 13.9. The van der Waals surface area contributed by atoms with Gasteiger partial charge < -0.3 is 14.8 Å². The molecule has 1 aliphatic heterocycles. The van der Waals surface area contributed by atoms with Crippen molar-refractivity contribution in [2.24, 2.45) is 0 Å². The van der Waals surface area contributed by atoms with E-state index in [4.69, 9.17) is 9.47 Å². The molecule has 2 heterocycles. The predicted molar refractivity (Wildman–Crippen MR) is 81.9 cm³/mol. The second-order valence-corrected chi connectivity index (χ2v) is 7.19. The highest BCUT2D eigenvalue weighted by Gasteiger charge is 2.19. The molecule has 0 atom stereocenters. The number of nitrogens with one attached hydrogen (secondary N) is 1. The smallest absolute Gasteiger partial charge is 0.381 e. The number of carbonyl (C=O) groups excluding carboxylic acids is 1. The van der Waals surface area contributed by atoms with Crippen LogP contribution in [0, 0.1) is 6.92 Å². The molecular weight excluding hydrogens is 290 g/mol. The van der Waals surface area contributed by atoms with Gasteiger partial charge in [-0.15, -0.1) is 0 Å². The molecule has 1 fully saturated rings. The molecule has 0 aromatic carbocycles. The molecule has 0 aliphatic carbocycles. The van der Waals surface area contributed by atoms with Crippen LogP contribution < -0.4 is 10.1 Å². The van der Waals surface area contributed by atoms with Crippen LogP contribution in [-0.4, -0.2) is 47.8 Å². The molecule has 1 saturated heterocycles. The fourth-order valence-electron chi connectivity index (χ4n) is 1.97. The first kappa shape index (κ1) is 16.2. The van der Waals surface area contributed by atoms with E-state index in [2.05, 4.69) is 15.2 Å². The van der Waals surface area contributed by atoms with E-state index >= 15 is 0 Å². The van der Waals surface area contributed by atoms with Gasteiger partial charge in [-0.05, 0) is 27.7 Å². The zero-order valence-electron chi connectivity index (χ0n) is 13.1. The largest absolute Gasteiger partial charge is 0.414 e. The molecule has 6 nitrogen and oxygen atoms in total. The molecule has 1 amide bonds. The Morgan fingerprint density at radius 1 is 1.43 bits per heavy atom. The van der Waals surface area contributed by atoms with E-state index in [0.717, 1.165) is 43.4 Å². The van der Waals surface area contributed by atoms with E-state index in [1.807, 2.05) is 27.7 Å². The van der Waals surface area contributed by atoms with Crippen molar-refractivity contribution in [2.45, 2.75) is 39.8 Å². The van der Waals surface area contributed by atoms with Crippen molar-refractivity contribution in [3.05, 3.63) is 10.6 Å². The quantitative estimate of drug-likeness (QED) is 0.926. The second-order valence-electron chi connectivity index (χ2n) is 6.14. The second kappa shape index (κ2) is 6.72. The Hall–Kier alpha value is -1.18. The Labute approximate surface area is 129 Å². The molecular formula is C14H23N3O3S. The lowest BCUT2D eigenvalue weighted by atomic mass is 10.1. The standard InChI is InChI=1S/C14H23N3O3S/c1-10-11(9-17-5-7-19-8-6-17)21-13(15-10)20-12(18)16-14(2,3)4/h5-9H2,1-4H3,(H,16,18). The summed E-state index contributed by atoms with van der Waals surface area (Å²) in [6.45, 7) is 11.9. The molecule has 0 unspecified atom stereocenters. The minimum atomic E-state index is -0.464. The molecule has 118 valence electrons. The monoisotopic (exact) mass is 313 g/mol. The molecule has 2 rings (SSSR count). The average molecular weight is 313 g/mol. The molecule has 0 spiro atoms.